The molecule has 1 aromatic heterocycles. The van der Waals surface area contributed by atoms with Crippen LogP contribution in [0.3, 0.4) is 0 Å². The topological polar surface area (TPSA) is 56.3 Å². The van der Waals surface area contributed by atoms with Crippen molar-refractivity contribution in [1.29, 1.82) is 0 Å². The minimum Gasteiger partial charge on any atom is -0.384 e. The first-order valence-corrected chi connectivity index (χ1v) is 6.46. The molecule has 3 rings (SSSR count). The molecule has 1 saturated heterocycles. The summed E-state index contributed by atoms with van der Waals surface area (Å²) in [6, 6.07) is 2.33. The zero-order valence-electron chi connectivity index (χ0n) is 10.8. The number of ether oxygens (including phenoxy) is 2. The fourth-order valence-corrected chi connectivity index (χ4v) is 3.14. The Hall–Kier alpha value is -1.20. The molecule has 98 valence electrons. The van der Waals surface area contributed by atoms with Crippen LogP contribution in [0.2, 0.25) is 0 Å². The summed E-state index contributed by atoms with van der Waals surface area (Å²) in [5.41, 5.74) is 0. The van der Waals surface area contributed by atoms with E-state index in [9.17, 15) is 0 Å². The molecule has 5 nitrogen and oxygen atoms in total. The third kappa shape index (κ3) is 1.97. The standard InChI is InChI=1S/C13H19N3O2/c1-8-14-5-3-11(15-8)16-12-9-4-6-18-13(9)10(12)7-17-2/h3,5,9-10,12-13H,4,6-7H2,1-2H3,(H,14,15,16)/t9-,10+,12+,13-/m0/s1. The second kappa shape index (κ2) is 4.82. The fourth-order valence-electron chi connectivity index (χ4n) is 3.14. The third-order valence-corrected chi connectivity index (χ3v) is 3.98. The first kappa shape index (κ1) is 11.9. The Morgan fingerprint density at radius 1 is 1.56 bits per heavy atom. The molecule has 1 saturated carbocycles. The second-order valence-corrected chi connectivity index (χ2v) is 5.07. The second-order valence-electron chi connectivity index (χ2n) is 5.07. The summed E-state index contributed by atoms with van der Waals surface area (Å²) in [7, 11) is 1.74. The Morgan fingerprint density at radius 2 is 2.44 bits per heavy atom. The van der Waals surface area contributed by atoms with Crippen molar-refractivity contribution >= 4 is 5.82 Å². The Bertz CT molecular complexity index is 426. The summed E-state index contributed by atoms with van der Waals surface area (Å²) in [6.45, 7) is 3.51. The van der Waals surface area contributed by atoms with Crippen molar-refractivity contribution in [3.8, 4) is 0 Å². The normalized spacial score (nSPS) is 33.9. The molecular weight excluding hydrogens is 230 g/mol. The van der Waals surface area contributed by atoms with Crippen LogP contribution in [0.1, 0.15) is 12.2 Å². The number of fused-ring (bicyclic) bond motifs is 1. The van der Waals surface area contributed by atoms with Gasteiger partial charge in [-0.2, -0.15) is 0 Å². The maximum Gasteiger partial charge on any atom is 0.129 e. The van der Waals surface area contributed by atoms with E-state index in [0.717, 1.165) is 31.3 Å². The van der Waals surface area contributed by atoms with E-state index in [1.54, 1.807) is 13.3 Å². The fraction of sp³-hybridized carbons (Fsp3) is 0.692. The van der Waals surface area contributed by atoms with Crippen molar-refractivity contribution < 1.29 is 9.47 Å². The SMILES string of the molecule is COC[C@@H]1[C@H](Nc2ccnc(C)n2)[C@@H]2CCO[C@H]12. The lowest BCUT2D eigenvalue weighted by atomic mass is 9.67. The molecule has 0 aromatic carbocycles. The number of hydrogen-bond donors (Lipinski definition) is 1. The van der Waals surface area contributed by atoms with E-state index in [4.69, 9.17) is 9.47 Å². The maximum absolute atomic E-state index is 5.76. The minimum atomic E-state index is 0.366. The summed E-state index contributed by atoms with van der Waals surface area (Å²) < 4.78 is 11.0. The summed E-state index contributed by atoms with van der Waals surface area (Å²) in [5, 5.41) is 3.51. The third-order valence-electron chi connectivity index (χ3n) is 3.98. The molecule has 2 aliphatic rings. The summed E-state index contributed by atoms with van der Waals surface area (Å²) in [6.07, 6.45) is 3.29. The molecule has 4 atom stereocenters. The predicted octanol–water partition coefficient (Wildman–Crippen LogP) is 1.25. The zero-order valence-corrected chi connectivity index (χ0v) is 10.8. The predicted molar refractivity (Wildman–Crippen MR) is 67.4 cm³/mol. The van der Waals surface area contributed by atoms with Gasteiger partial charge in [-0.05, 0) is 19.4 Å². The molecule has 2 heterocycles. The van der Waals surface area contributed by atoms with Crippen LogP contribution in [0, 0.1) is 18.8 Å². The van der Waals surface area contributed by atoms with Crippen LogP contribution in [-0.4, -0.2) is 42.4 Å². The summed E-state index contributed by atoms with van der Waals surface area (Å²) in [4.78, 5) is 8.51. The minimum absolute atomic E-state index is 0.366. The molecule has 1 aliphatic heterocycles. The number of anilines is 1. The van der Waals surface area contributed by atoms with Gasteiger partial charge in [-0.1, -0.05) is 0 Å². The van der Waals surface area contributed by atoms with Crippen molar-refractivity contribution in [3.05, 3.63) is 18.1 Å². The van der Waals surface area contributed by atoms with Crippen molar-refractivity contribution in [2.24, 2.45) is 11.8 Å². The number of methoxy groups -OCH3 is 1. The Kier molecular flexibility index (Phi) is 3.18. The lowest BCUT2D eigenvalue weighted by molar-refractivity contribution is -0.0667. The van der Waals surface area contributed by atoms with Gasteiger partial charge in [0.05, 0.1) is 12.7 Å². The molecule has 5 heteroatoms. The monoisotopic (exact) mass is 249 g/mol. The van der Waals surface area contributed by atoms with Crippen LogP contribution in [0.4, 0.5) is 5.82 Å². The number of aryl methyl sites for hydroxylation is 1. The molecule has 0 bridgehead atoms. The van der Waals surface area contributed by atoms with E-state index in [2.05, 4.69) is 15.3 Å². The molecular formula is C13H19N3O2. The molecule has 1 aromatic rings. The van der Waals surface area contributed by atoms with Crippen molar-refractivity contribution in [1.82, 2.24) is 9.97 Å². The van der Waals surface area contributed by atoms with Gasteiger partial charge in [0.15, 0.2) is 0 Å². The molecule has 0 radical (unpaired) electrons. The van der Waals surface area contributed by atoms with Gasteiger partial charge < -0.3 is 14.8 Å². The average molecular weight is 249 g/mol. The number of nitrogens with one attached hydrogen (secondary N) is 1. The van der Waals surface area contributed by atoms with Crippen molar-refractivity contribution in [2.75, 3.05) is 25.6 Å². The lowest BCUT2D eigenvalue weighted by Crippen LogP contribution is -2.58. The summed E-state index contributed by atoms with van der Waals surface area (Å²) in [5.74, 6) is 2.72. The van der Waals surface area contributed by atoms with Gasteiger partial charge in [-0.3, -0.25) is 0 Å². The van der Waals surface area contributed by atoms with Crippen molar-refractivity contribution in [2.45, 2.75) is 25.5 Å². The Morgan fingerprint density at radius 3 is 3.22 bits per heavy atom. The highest BCUT2D eigenvalue weighted by atomic mass is 16.5. The van der Waals surface area contributed by atoms with E-state index >= 15 is 0 Å². The number of rotatable bonds is 4. The van der Waals surface area contributed by atoms with Gasteiger partial charge in [0.25, 0.3) is 0 Å². The molecule has 0 amide bonds. The van der Waals surface area contributed by atoms with E-state index in [1.165, 1.54) is 0 Å². The van der Waals surface area contributed by atoms with Crippen LogP contribution in [0.15, 0.2) is 12.3 Å². The quantitative estimate of drug-likeness (QED) is 0.870. The molecule has 2 fully saturated rings. The lowest BCUT2D eigenvalue weighted by Gasteiger charge is -2.47. The van der Waals surface area contributed by atoms with E-state index in [0.29, 0.717) is 24.0 Å². The molecule has 18 heavy (non-hydrogen) atoms. The Balaban J connectivity index is 1.71. The number of aromatic nitrogens is 2. The van der Waals surface area contributed by atoms with Crippen LogP contribution < -0.4 is 5.32 Å². The highest BCUT2D eigenvalue weighted by molar-refractivity contribution is 5.36. The van der Waals surface area contributed by atoms with E-state index < -0.39 is 0 Å². The Labute approximate surface area is 107 Å². The van der Waals surface area contributed by atoms with Gasteiger partial charge in [0.2, 0.25) is 0 Å². The highest BCUT2D eigenvalue weighted by Crippen LogP contribution is 2.44. The molecule has 0 spiro atoms. The van der Waals surface area contributed by atoms with Gasteiger partial charge in [0.1, 0.15) is 11.6 Å². The van der Waals surface area contributed by atoms with Gasteiger partial charge in [-0.15, -0.1) is 0 Å². The molecule has 1 aliphatic carbocycles. The smallest absolute Gasteiger partial charge is 0.129 e. The number of nitrogens with zero attached hydrogens (tertiary/aromatic N) is 2. The maximum atomic E-state index is 5.76. The van der Waals surface area contributed by atoms with Crippen LogP contribution in [0.25, 0.3) is 0 Å². The van der Waals surface area contributed by atoms with Crippen molar-refractivity contribution in [3.63, 3.8) is 0 Å². The molecule has 0 unspecified atom stereocenters. The van der Waals surface area contributed by atoms with Crippen LogP contribution in [0.5, 0.6) is 0 Å². The van der Waals surface area contributed by atoms with Gasteiger partial charge in [0, 0.05) is 37.8 Å². The zero-order chi connectivity index (χ0) is 12.5. The first-order chi connectivity index (χ1) is 8.79. The van der Waals surface area contributed by atoms with Crippen LogP contribution in [-0.2, 0) is 9.47 Å². The van der Waals surface area contributed by atoms with E-state index in [-0.39, 0.29) is 0 Å². The first-order valence-electron chi connectivity index (χ1n) is 6.46. The average Bonchev–Trinajstić information content (AvgIpc) is 2.78. The van der Waals surface area contributed by atoms with Gasteiger partial charge >= 0.3 is 0 Å². The van der Waals surface area contributed by atoms with E-state index in [1.807, 2.05) is 13.0 Å². The van der Waals surface area contributed by atoms with Gasteiger partial charge in [-0.25, -0.2) is 9.97 Å². The summed E-state index contributed by atoms with van der Waals surface area (Å²) >= 11 is 0. The largest absolute Gasteiger partial charge is 0.384 e. The molecule has 1 N–H and O–H groups in total. The van der Waals surface area contributed by atoms with Crippen LogP contribution >= 0.6 is 0 Å². The highest BCUT2D eigenvalue weighted by Gasteiger charge is 2.53. The number of hydrogen-bond acceptors (Lipinski definition) is 5.